The molecule has 19 heavy (non-hydrogen) atoms. The van der Waals surface area contributed by atoms with E-state index >= 15 is 0 Å². The fraction of sp³-hybridized carbons (Fsp3) is 0.0667. The van der Waals surface area contributed by atoms with Gasteiger partial charge in [-0.2, -0.15) is 0 Å². The lowest BCUT2D eigenvalue weighted by Gasteiger charge is -2.23. The maximum absolute atomic E-state index is 12.6. The van der Waals surface area contributed by atoms with Crippen LogP contribution >= 0.6 is 31.9 Å². The van der Waals surface area contributed by atoms with Crippen LogP contribution in [0.3, 0.4) is 0 Å². The van der Waals surface area contributed by atoms with E-state index < -0.39 is 0 Å². The molecule has 0 aliphatic heterocycles. The highest BCUT2D eigenvalue weighted by Gasteiger charge is 2.34. The van der Waals surface area contributed by atoms with Crippen molar-refractivity contribution in [3.05, 3.63) is 67.7 Å². The summed E-state index contributed by atoms with van der Waals surface area (Å²) < 4.78 is 0.720. The van der Waals surface area contributed by atoms with E-state index in [1.807, 2.05) is 6.08 Å². The third-order valence-corrected chi connectivity index (χ3v) is 4.25. The molecule has 1 aromatic carbocycles. The molecule has 2 aliphatic rings. The van der Waals surface area contributed by atoms with Gasteiger partial charge in [-0.05, 0) is 43.9 Å². The number of carbonyl (C=O) groups is 2. The molecular formula is C15H8Br2O2. The number of fused-ring (bicyclic) bond motifs is 1. The summed E-state index contributed by atoms with van der Waals surface area (Å²) in [5, 5.41) is 0. The Balaban J connectivity index is 2.31. The maximum Gasteiger partial charge on any atom is 0.194 e. The molecule has 0 fully saturated rings. The predicted octanol–water partition coefficient (Wildman–Crippen LogP) is 4.32. The average molecular weight is 380 g/mol. The number of rotatable bonds is 0. The zero-order valence-corrected chi connectivity index (χ0v) is 12.9. The molecule has 94 valence electrons. The number of carbonyl (C=O) groups excluding carboxylic acids is 2. The number of halogens is 2. The van der Waals surface area contributed by atoms with Gasteiger partial charge in [0.25, 0.3) is 0 Å². The fourth-order valence-electron chi connectivity index (χ4n) is 2.42. The zero-order valence-electron chi connectivity index (χ0n) is 9.74. The lowest BCUT2D eigenvalue weighted by atomic mass is 9.78. The number of hydrogen-bond acceptors (Lipinski definition) is 2. The summed E-state index contributed by atoms with van der Waals surface area (Å²) in [6.07, 6.45) is 4.28. The van der Waals surface area contributed by atoms with Gasteiger partial charge in [0.15, 0.2) is 11.6 Å². The van der Waals surface area contributed by atoms with Crippen molar-refractivity contribution in [2.24, 2.45) is 0 Å². The van der Waals surface area contributed by atoms with E-state index in [4.69, 9.17) is 0 Å². The Hall–Kier alpha value is -1.26. The lowest BCUT2D eigenvalue weighted by molar-refractivity contribution is 0.0978. The molecule has 0 aromatic heterocycles. The van der Waals surface area contributed by atoms with Gasteiger partial charge in [0, 0.05) is 22.3 Å². The van der Waals surface area contributed by atoms with Crippen molar-refractivity contribution in [1.29, 1.82) is 0 Å². The minimum absolute atomic E-state index is 0.0825. The SMILES string of the molecule is O=C1C2=C(C(=O)c3ccccc31)C(=C(Br)Br)CC=C2. The second-order valence-electron chi connectivity index (χ2n) is 4.34. The van der Waals surface area contributed by atoms with E-state index in [2.05, 4.69) is 31.9 Å². The van der Waals surface area contributed by atoms with Gasteiger partial charge in [-0.15, -0.1) is 0 Å². The number of benzene rings is 1. The summed E-state index contributed by atoms with van der Waals surface area (Å²) >= 11 is 6.70. The van der Waals surface area contributed by atoms with Crippen molar-refractivity contribution in [2.45, 2.75) is 6.42 Å². The first-order valence-electron chi connectivity index (χ1n) is 5.75. The molecule has 0 heterocycles. The Kier molecular flexibility index (Phi) is 3.15. The summed E-state index contributed by atoms with van der Waals surface area (Å²) in [6.45, 7) is 0. The quantitative estimate of drug-likeness (QED) is 0.672. The summed E-state index contributed by atoms with van der Waals surface area (Å²) in [7, 11) is 0. The molecule has 0 N–H and O–H groups in total. The minimum atomic E-state index is -0.0834. The summed E-state index contributed by atoms with van der Waals surface area (Å²) in [6, 6.07) is 6.96. The number of ketones is 2. The number of hydrogen-bond donors (Lipinski definition) is 0. The van der Waals surface area contributed by atoms with Gasteiger partial charge < -0.3 is 0 Å². The highest BCUT2D eigenvalue weighted by atomic mass is 79.9. The van der Waals surface area contributed by atoms with Crippen LogP contribution in [-0.2, 0) is 0 Å². The Morgan fingerprint density at radius 3 is 2.26 bits per heavy atom. The van der Waals surface area contributed by atoms with Crippen LogP contribution in [0.2, 0.25) is 0 Å². The number of Topliss-reactive ketones (excluding diaryl/α,β-unsaturated/α-hetero) is 2. The molecule has 2 aliphatic carbocycles. The molecule has 0 atom stereocenters. The van der Waals surface area contributed by atoms with Crippen LogP contribution in [0.4, 0.5) is 0 Å². The smallest absolute Gasteiger partial charge is 0.194 e. The highest BCUT2D eigenvalue weighted by molar-refractivity contribution is 9.28. The van der Waals surface area contributed by atoms with Crippen LogP contribution in [0.5, 0.6) is 0 Å². The van der Waals surface area contributed by atoms with Crippen LogP contribution in [-0.4, -0.2) is 11.6 Å². The first-order valence-corrected chi connectivity index (χ1v) is 7.33. The lowest BCUT2D eigenvalue weighted by Crippen LogP contribution is -2.23. The maximum atomic E-state index is 12.6. The van der Waals surface area contributed by atoms with E-state index in [1.54, 1.807) is 30.3 Å². The molecule has 4 heteroatoms. The third-order valence-electron chi connectivity index (χ3n) is 3.29. The van der Waals surface area contributed by atoms with Gasteiger partial charge in [-0.1, -0.05) is 36.4 Å². The van der Waals surface area contributed by atoms with E-state index in [1.165, 1.54) is 0 Å². The van der Waals surface area contributed by atoms with Crippen molar-refractivity contribution >= 4 is 43.4 Å². The monoisotopic (exact) mass is 378 g/mol. The van der Waals surface area contributed by atoms with E-state index in [0.29, 0.717) is 28.7 Å². The molecule has 0 bridgehead atoms. The van der Waals surface area contributed by atoms with Gasteiger partial charge in [-0.3, -0.25) is 9.59 Å². The first kappa shape index (κ1) is 12.8. The Labute approximate surface area is 127 Å². The average Bonchev–Trinajstić information content (AvgIpc) is 2.44. The Morgan fingerprint density at radius 2 is 1.63 bits per heavy atom. The summed E-state index contributed by atoms with van der Waals surface area (Å²) in [5.41, 5.74) is 2.80. The molecule has 0 saturated heterocycles. The Morgan fingerprint density at radius 1 is 1.00 bits per heavy atom. The van der Waals surface area contributed by atoms with E-state index in [-0.39, 0.29) is 11.6 Å². The Bertz CT molecular complexity index is 705. The molecule has 3 rings (SSSR count). The van der Waals surface area contributed by atoms with Gasteiger partial charge in [0.2, 0.25) is 0 Å². The molecule has 0 unspecified atom stereocenters. The van der Waals surface area contributed by atoms with Crippen molar-refractivity contribution < 1.29 is 9.59 Å². The molecule has 0 radical (unpaired) electrons. The highest BCUT2D eigenvalue weighted by Crippen LogP contribution is 2.38. The van der Waals surface area contributed by atoms with E-state index in [9.17, 15) is 9.59 Å². The minimum Gasteiger partial charge on any atom is -0.289 e. The van der Waals surface area contributed by atoms with Crippen LogP contribution in [0.1, 0.15) is 27.1 Å². The van der Waals surface area contributed by atoms with Crippen molar-refractivity contribution in [3.8, 4) is 0 Å². The standard InChI is InChI=1S/C15H8Br2O2/c16-15(17)11-7-3-6-10-12(11)14(19)9-5-2-1-4-8(9)13(10)18/h1-6H,7H2. The van der Waals surface area contributed by atoms with Crippen LogP contribution in [0, 0.1) is 0 Å². The predicted molar refractivity (Wildman–Crippen MR) is 80.8 cm³/mol. The van der Waals surface area contributed by atoms with Crippen LogP contribution < -0.4 is 0 Å². The molecule has 0 spiro atoms. The third kappa shape index (κ3) is 1.90. The second-order valence-corrected chi connectivity index (χ2v) is 6.99. The summed E-state index contributed by atoms with van der Waals surface area (Å²) in [5.74, 6) is -0.166. The first-order chi connectivity index (χ1) is 9.11. The van der Waals surface area contributed by atoms with Gasteiger partial charge in [-0.25, -0.2) is 0 Å². The van der Waals surface area contributed by atoms with Gasteiger partial charge in [0.05, 0.1) is 3.39 Å². The normalized spacial score (nSPS) is 17.5. The van der Waals surface area contributed by atoms with Crippen molar-refractivity contribution in [2.75, 3.05) is 0 Å². The molecule has 0 amide bonds. The fourth-order valence-corrected chi connectivity index (χ4v) is 3.14. The zero-order chi connectivity index (χ0) is 13.6. The molecule has 2 nitrogen and oxygen atoms in total. The van der Waals surface area contributed by atoms with Crippen LogP contribution in [0.15, 0.2) is 56.5 Å². The largest absolute Gasteiger partial charge is 0.289 e. The summed E-state index contributed by atoms with van der Waals surface area (Å²) in [4.78, 5) is 25.0. The van der Waals surface area contributed by atoms with Crippen molar-refractivity contribution in [3.63, 3.8) is 0 Å². The topological polar surface area (TPSA) is 34.1 Å². The molecular weight excluding hydrogens is 372 g/mol. The second kappa shape index (κ2) is 4.69. The van der Waals surface area contributed by atoms with Gasteiger partial charge >= 0.3 is 0 Å². The van der Waals surface area contributed by atoms with Gasteiger partial charge in [0.1, 0.15) is 0 Å². The number of allylic oxidation sites excluding steroid dienone is 5. The van der Waals surface area contributed by atoms with Crippen molar-refractivity contribution in [1.82, 2.24) is 0 Å². The molecule has 1 aromatic rings. The van der Waals surface area contributed by atoms with E-state index in [0.717, 1.165) is 8.96 Å². The van der Waals surface area contributed by atoms with Crippen LogP contribution in [0.25, 0.3) is 0 Å². The molecule has 0 saturated carbocycles.